The largest absolute Gasteiger partial charge is 0.503 e. The number of hydrogen-bond acceptors (Lipinski definition) is 4. The highest BCUT2D eigenvalue weighted by Gasteiger charge is 2.43. The Balaban J connectivity index is 1.70. The first-order valence-corrected chi connectivity index (χ1v) is 9.71. The number of aliphatic hydroxyl groups is 1. The quantitative estimate of drug-likeness (QED) is 0.685. The second-order valence-electron chi connectivity index (χ2n) is 7.05. The van der Waals surface area contributed by atoms with Gasteiger partial charge in [0.2, 0.25) is 0 Å². The molecule has 1 N–H and O–H groups in total. The number of aliphatic hydroxyl groups excluding tert-OH is 1. The average Bonchev–Trinajstić information content (AvgIpc) is 3.26. The molecular weight excluding hydrogens is 330 g/mol. The summed E-state index contributed by atoms with van der Waals surface area (Å²) in [5.41, 5.74) is 0.867. The van der Waals surface area contributed by atoms with Crippen LogP contribution in [0.1, 0.15) is 51.9 Å². The molecule has 6 nitrogen and oxygen atoms in total. The molecule has 2 unspecified atom stereocenters. The van der Waals surface area contributed by atoms with E-state index in [2.05, 4.69) is 11.9 Å². The maximum absolute atomic E-state index is 12.7. The summed E-state index contributed by atoms with van der Waals surface area (Å²) in [7, 11) is 0. The fraction of sp³-hybridized carbons (Fsp3) is 0.600. The van der Waals surface area contributed by atoms with Gasteiger partial charge in [-0.3, -0.25) is 4.79 Å². The van der Waals surface area contributed by atoms with E-state index in [0.717, 1.165) is 57.1 Å². The predicted octanol–water partition coefficient (Wildman–Crippen LogP) is 3.57. The fourth-order valence-corrected chi connectivity index (χ4v) is 3.85. The van der Waals surface area contributed by atoms with E-state index >= 15 is 0 Å². The molecule has 1 aromatic rings. The van der Waals surface area contributed by atoms with E-state index in [-0.39, 0.29) is 23.8 Å². The number of carbonyl (C=O) groups is 1. The third-order valence-electron chi connectivity index (χ3n) is 5.20. The lowest BCUT2D eigenvalue weighted by molar-refractivity contribution is -0.131. The van der Waals surface area contributed by atoms with E-state index in [1.54, 1.807) is 18.8 Å². The number of ether oxygens (including phenoxy) is 1. The van der Waals surface area contributed by atoms with Crippen molar-refractivity contribution in [3.05, 3.63) is 42.4 Å². The van der Waals surface area contributed by atoms with Gasteiger partial charge < -0.3 is 19.3 Å². The van der Waals surface area contributed by atoms with Crippen LogP contribution in [0.25, 0.3) is 0 Å². The first kappa shape index (κ1) is 18.5. The van der Waals surface area contributed by atoms with Gasteiger partial charge in [0.05, 0.1) is 18.6 Å². The van der Waals surface area contributed by atoms with Crippen molar-refractivity contribution in [1.29, 1.82) is 0 Å². The molecular formula is C20H29N3O3. The number of unbranched alkanes of at least 4 members (excludes halogenated alkanes) is 2. The molecule has 26 heavy (non-hydrogen) atoms. The fourth-order valence-electron chi connectivity index (χ4n) is 3.85. The summed E-state index contributed by atoms with van der Waals surface area (Å²) in [4.78, 5) is 18.6. The number of aromatic nitrogens is 2. The average molecular weight is 359 g/mol. The monoisotopic (exact) mass is 359 g/mol. The van der Waals surface area contributed by atoms with Crippen molar-refractivity contribution in [1.82, 2.24) is 14.5 Å². The molecule has 0 spiro atoms. The molecule has 0 saturated heterocycles. The minimum absolute atomic E-state index is 0.0492. The van der Waals surface area contributed by atoms with Gasteiger partial charge in [-0.25, -0.2) is 4.98 Å². The van der Waals surface area contributed by atoms with Crippen LogP contribution in [0.3, 0.4) is 0 Å². The van der Waals surface area contributed by atoms with E-state index in [0.29, 0.717) is 6.54 Å². The van der Waals surface area contributed by atoms with Crippen molar-refractivity contribution in [3.8, 4) is 0 Å². The lowest BCUT2D eigenvalue weighted by atomic mass is 9.93. The molecule has 0 aliphatic carbocycles. The molecule has 1 amide bonds. The minimum Gasteiger partial charge on any atom is -0.503 e. The van der Waals surface area contributed by atoms with Crippen LogP contribution in [0.2, 0.25) is 0 Å². The van der Waals surface area contributed by atoms with Crippen molar-refractivity contribution in [2.45, 2.75) is 70.6 Å². The van der Waals surface area contributed by atoms with E-state index in [1.165, 1.54) is 0 Å². The second kappa shape index (κ2) is 8.92. The molecule has 0 bridgehead atoms. The summed E-state index contributed by atoms with van der Waals surface area (Å²) in [6, 6.07) is -0.146. The summed E-state index contributed by atoms with van der Waals surface area (Å²) in [6.07, 6.45) is 15.7. The van der Waals surface area contributed by atoms with Crippen LogP contribution in [0.5, 0.6) is 0 Å². The van der Waals surface area contributed by atoms with Crippen LogP contribution < -0.4 is 0 Å². The van der Waals surface area contributed by atoms with E-state index in [9.17, 15) is 9.90 Å². The highest BCUT2D eigenvalue weighted by atomic mass is 16.5. The SMILES string of the molecule is CCCCCC1=C(O)C(=O)N(CCCn2ccnc2)C1C1CCC=CO1. The van der Waals surface area contributed by atoms with Crippen LogP contribution in [0.15, 0.2) is 42.4 Å². The number of rotatable bonds is 9. The number of allylic oxidation sites excluding steroid dienone is 1. The van der Waals surface area contributed by atoms with E-state index in [1.807, 2.05) is 21.7 Å². The maximum atomic E-state index is 12.7. The maximum Gasteiger partial charge on any atom is 0.289 e. The van der Waals surface area contributed by atoms with Gasteiger partial charge >= 0.3 is 0 Å². The number of aryl methyl sites for hydroxylation is 1. The number of hydrogen-bond donors (Lipinski definition) is 1. The first-order valence-electron chi connectivity index (χ1n) is 9.71. The Morgan fingerprint density at radius 3 is 2.88 bits per heavy atom. The van der Waals surface area contributed by atoms with Crippen molar-refractivity contribution in [3.63, 3.8) is 0 Å². The Bertz CT molecular complexity index is 651. The third kappa shape index (κ3) is 4.11. The second-order valence-corrected chi connectivity index (χ2v) is 7.05. The molecule has 2 atom stereocenters. The smallest absolute Gasteiger partial charge is 0.289 e. The zero-order chi connectivity index (χ0) is 18.4. The van der Waals surface area contributed by atoms with E-state index in [4.69, 9.17) is 4.74 Å². The highest BCUT2D eigenvalue weighted by Crippen LogP contribution is 2.34. The van der Waals surface area contributed by atoms with Gasteiger partial charge in [0.1, 0.15) is 6.10 Å². The molecule has 0 radical (unpaired) electrons. The number of nitrogens with zero attached hydrogens (tertiary/aromatic N) is 3. The van der Waals surface area contributed by atoms with E-state index < -0.39 is 0 Å². The van der Waals surface area contributed by atoms with Crippen LogP contribution >= 0.6 is 0 Å². The normalized spacial score (nSPS) is 23.0. The van der Waals surface area contributed by atoms with Crippen LogP contribution in [-0.2, 0) is 16.1 Å². The lowest BCUT2D eigenvalue weighted by Gasteiger charge is -2.34. The Kier molecular flexibility index (Phi) is 6.36. The molecule has 3 rings (SSSR count). The predicted molar refractivity (Wildman–Crippen MR) is 99.4 cm³/mol. The number of amides is 1. The van der Waals surface area contributed by atoms with Crippen LogP contribution in [0.4, 0.5) is 0 Å². The Labute approximate surface area is 155 Å². The molecule has 2 aliphatic rings. The molecule has 0 fully saturated rings. The van der Waals surface area contributed by atoms with Gasteiger partial charge in [-0.2, -0.15) is 0 Å². The molecule has 6 heteroatoms. The van der Waals surface area contributed by atoms with Gasteiger partial charge in [-0.05, 0) is 38.2 Å². The molecule has 0 saturated carbocycles. The summed E-state index contributed by atoms with van der Waals surface area (Å²) >= 11 is 0. The lowest BCUT2D eigenvalue weighted by Crippen LogP contribution is -2.45. The summed E-state index contributed by atoms with van der Waals surface area (Å²) in [5, 5.41) is 10.5. The molecule has 0 aromatic carbocycles. The molecule has 3 heterocycles. The molecule has 142 valence electrons. The number of carbonyl (C=O) groups excluding carboxylic acids is 1. The topological polar surface area (TPSA) is 67.6 Å². The zero-order valence-corrected chi connectivity index (χ0v) is 15.5. The Hall–Kier alpha value is -2.24. The van der Waals surface area contributed by atoms with Crippen LogP contribution in [0, 0.1) is 0 Å². The summed E-state index contributed by atoms with van der Waals surface area (Å²) in [5.74, 6) is -0.294. The Morgan fingerprint density at radius 1 is 1.31 bits per heavy atom. The van der Waals surface area contributed by atoms with Gasteiger partial charge in [0.15, 0.2) is 5.76 Å². The van der Waals surface area contributed by atoms with Gasteiger partial charge in [0.25, 0.3) is 5.91 Å². The van der Waals surface area contributed by atoms with Gasteiger partial charge in [0, 0.05) is 31.1 Å². The van der Waals surface area contributed by atoms with Crippen molar-refractivity contribution < 1.29 is 14.6 Å². The van der Waals surface area contributed by atoms with Gasteiger partial charge in [-0.1, -0.05) is 19.8 Å². The first-order chi connectivity index (χ1) is 12.7. The van der Waals surface area contributed by atoms with Gasteiger partial charge in [-0.15, -0.1) is 0 Å². The van der Waals surface area contributed by atoms with Crippen molar-refractivity contribution in [2.75, 3.05) is 6.54 Å². The summed E-state index contributed by atoms with van der Waals surface area (Å²) in [6.45, 7) is 3.56. The molecule has 2 aliphatic heterocycles. The zero-order valence-electron chi connectivity index (χ0n) is 15.5. The highest BCUT2D eigenvalue weighted by molar-refractivity contribution is 5.95. The minimum atomic E-state index is -0.245. The van der Waals surface area contributed by atoms with Crippen molar-refractivity contribution in [2.24, 2.45) is 0 Å². The summed E-state index contributed by atoms with van der Waals surface area (Å²) < 4.78 is 7.85. The third-order valence-corrected chi connectivity index (χ3v) is 5.20. The standard InChI is InChI=1S/C20H29N3O3/c1-2-3-4-8-16-18(17-9-5-6-14-26-17)23(20(25)19(16)24)12-7-11-22-13-10-21-15-22/h6,10,13-15,17-18,24H,2-5,7-9,11-12H2,1H3. The van der Waals surface area contributed by atoms with Crippen molar-refractivity contribution >= 4 is 5.91 Å². The number of imidazole rings is 1. The molecule has 1 aromatic heterocycles. The van der Waals surface area contributed by atoms with Crippen LogP contribution in [-0.4, -0.2) is 44.2 Å². The Morgan fingerprint density at radius 2 is 2.19 bits per heavy atom.